The van der Waals surface area contributed by atoms with Gasteiger partial charge in [-0.1, -0.05) is 12.1 Å². The number of rotatable bonds is 4. The van der Waals surface area contributed by atoms with Gasteiger partial charge in [-0.3, -0.25) is 10.1 Å². The standard InChI is InChI=1S/C10H14N2O2.ClH/c1-8(11-2)7-9-3-5-10(6-4-9)12(13)14;/h3-6,8,11H,7H2,1-2H3;1H. The Kier molecular flexibility index (Phi) is 5.89. The van der Waals surface area contributed by atoms with Crippen molar-refractivity contribution in [2.45, 2.75) is 19.4 Å². The molecule has 0 saturated carbocycles. The first-order chi connectivity index (χ1) is 6.63. The Morgan fingerprint density at radius 2 is 1.93 bits per heavy atom. The molecule has 84 valence electrons. The van der Waals surface area contributed by atoms with Crippen molar-refractivity contribution in [3.05, 3.63) is 39.9 Å². The van der Waals surface area contributed by atoms with Crippen LogP contribution in [0.25, 0.3) is 0 Å². The lowest BCUT2D eigenvalue weighted by molar-refractivity contribution is -0.384. The molecule has 0 fully saturated rings. The molecule has 0 saturated heterocycles. The van der Waals surface area contributed by atoms with Gasteiger partial charge >= 0.3 is 0 Å². The van der Waals surface area contributed by atoms with Crippen molar-refractivity contribution in [1.29, 1.82) is 0 Å². The van der Waals surface area contributed by atoms with Gasteiger partial charge in [0.15, 0.2) is 0 Å². The van der Waals surface area contributed by atoms with Gasteiger partial charge in [0.2, 0.25) is 0 Å². The van der Waals surface area contributed by atoms with E-state index in [9.17, 15) is 10.1 Å². The zero-order chi connectivity index (χ0) is 10.6. The molecule has 0 aliphatic carbocycles. The molecule has 0 aromatic heterocycles. The lowest BCUT2D eigenvalue weighted by Gasteiger charge is -2.09. The maximum absolute atomic E-state index is 10.4. The van der Waals surface area contributed by atoms with Crippen molar-refractivity contribution in [3.8, 4) is 0 Å². The SMILES string of the molecule is CNC(C)Cc1ccc([N+](=O)[O-])cc1.Cl. The van der Waals surface area contributed by atoms with Gasteiger partial charge in [0.05, 0.1) is 4.92 Å². The first kappa shape index (κ1) is 13.9. The molecule has 1 aromatic rings. The second-order valence-electron chi connectivity index (χ2n) is 3.32. The summed E-state index contributed by atoms with van der Waals surface area (Å²) >= 11 is 0. The molecule has 0 radical (unpaired) electrons. The average Bonchev–Trinajstić information content (AvgIpc) is 2.18. The first-order valence-electron chi connectivity index (χ1n) is 4.54. The molecule has 1 N–H and O–H groups in total. The molecule has 0 spiro atoms. The van der Waals surface area contributed by atoms with Gasteiger partial charge in [-0.15, -0.1) is 12.4 Å². The molecule has 1 unspecified atom stereocenters. The van der Waals surface area contributed by atoms with Gasteiger partial charge in [-0.2, -0.15) is 0 Å². The topological polar surface area (TPSA) is 55.2 Å². The lowest BCUT2D eigenvalue weighted by Crippen LogP contribution is -2.23. The molecule has 15 heavy (non-hydrogen) atoms. The van der Waals surface area contributed by atoms with E-state index in [1.807, 2.05) is 7.05 Å². The van der Waals surface area contributed by atoms with Crippen LogP contribution in [0.15, 0.2) is 24.3 Å². The molecule has 0 aliphatic rings. The van der Waals surface area contributed by atoms with Crippen LogP contribution in [0.5, 0.6) is 0 Å². The Labute approximate surface area is 95.2 Å². The minimum Gasteiger partial charge on any atom is -0.317 e. The van der Waals surface area contributed by atoms with Crippen LogP contribution < -0.4 is 5.32 Å². The molecule has 1 atom stereocenters. The second-order valence-corrected chi connectivity index (χ2v) is 3.32. The van der Waals surface area contributed by atoms with E-state index in [0.29, 0.717) is 6.04 Å². The maximum atomic E-state index is 10.4. The highest BCUT2D eigenvalue weighted by molar-refractivity contribution is 5.85. The zero-order valence-electron chi connectivity index (χ0n) is 8.77. The van der Waals surface area contributed by atoms with Crippen molar-refractivity contribution in [2.24, 2.45) is 0 Å². The van der Waals surface area contributed by atoms with E-state index in [0.717, 1.165) is 12.0 Å². The van der Waals surface area contributed by atoms with Crippen LogP contribution in [0.2, 0.25) is 0 Å². The van der Waals surface area contributed by atoms with Crippen molar-refractivity contribution in [2.75, 3.05) is 7.05 Å². The van der Waals surface area contributed by atoms with Crippen LogP contribution in [-0.2, 0) is 6.42 Å². The number of benzene rings is 1. The van der Waals surface area contributed by atoms with Gasteiger partial charge in [-0.05, 0) is 26.0 Å². The minimum atomic E-state index is -0.384. The molecule has 0 aliphatic heterocycles. The second kappa shape index (κ2) is 6.37. The smallest absolute Gasteiger partial charge is 0.269 e. The zero-order valence-corrected chi connectivity index (χ0v) is 9.58. The maximum Gasteiger partial charge on any atom is 0.269 e. The predicted molar refractivity (Wildman–Crippen MR) is 62.6 cm³/mol. The quantitative estimate of drug-likeness (QED) is 0.637. The summed E-state index contributed by atoms with van der Waals surface area (Å²) in [5.41, 5.74) is 1.25. The average molecular weight is 231 g/mol. The Hall–Kier alpha value is -1.13. The molecule has 1 rings (SSSR count). The van der Waals surface area contributed by atoms with Crippen molar-refractivity contribution in [3.63, 3.8) is 0 Å². The number of halogens is 1. The number of nitrogens with one attached hydrogen (secondary N) is 1. The van der Waals surface area contributed by atoms with Gasteiger partial charge in [0.1, 0.15) is 0 Å². The first-order valence-corrected chi connectivity index (χ1v) is 4.54. The Morgan fingerprint density at radius 1 is 1.40 bits per heavy atom. The highest BCUT2D eigenvalue weighted by atomic mass is 35.5. The molecule has 0 amide bonds. The summed E-state index contributed by atoms with van der Waals surface area (Å²) in [4.78, 5) is 10.0. The van der Waals surface area contributed by atoms with E-state index in [2.05, 4.69) is 12.2 Å². The molecule has 0 bridgehead atoms. The highest BCUT2D eigenvalue weighted by Gasteiger charge is 2.05. The summed E-state index contributed by atoms with van der Waals surface area (Å²) in [5.74, 6) is 0. The van der Waals surface area contributed by atoms with Crippen LogP contribution >= 0.6 is 12.4 Å². The Morgan fingerprint density at radius 3 is 2.33 bits per heavy atom. The normalized spacial score (nSPS) is 11.6. The van der Waals surface area contributed by atoms with Gasteiger partial charge in [0, 0.05) is 18.2 Å². The van der Waals surface area contributed by atoms with Crippen molar-refractivity contribution in [1.82, 2.24) is 5.32 Å². The van der Waals surface area contributed by atoms with E-state index in [1.165, 1.54) is 12.1 Å². The van der Waals surface area contributed by atoms with E-state index >= 15 is 0 Å². The number of hydrogen-bond acceptors (Lipinski definition) is 3. The van der Waals surface area contributed by atoms with Gasteiger partial charge < -0.3 is 5.32 Å². The fourth-order valence-electron chi connectivity index (χ4n) is 1.21. The van der Waals surface area contributed by atoms with Crippen molar-refractivity contribution >= 4 is 18.1 Å². The van der Waals surface area contributed by atoms with Crippen LogP contribution in [0.3, 0.4) is 0 Å². The summed E-state index contributed by atoms with van der Waals surface area (Å²) in [6.45, 7) is 2.07. The van der Waals surface area contributed by atoms with Crippen LogP contribution in [0.1, 0.15) is 12.5 Å². The van der Waals surface area contributed by atoms with Crippen molar-refractivity contribution < 1.29 is 4.92 Å². The third-order valence-electron chi connectivity index (χ3n) is 2.18. The number of likely N-dealkylation sites (N-methyl/N-ethyl adjacent to an activating group) is 1. The van der Waals surface area contributed by atoms with Crippen LogP contribution in [-0.4, -0.2) is 18.0 Å². The molecule has 4 nitrogen and oxygen atoms in total. The molecular weight excluding hydrogens is 216 g/mol. The summed E-state index contributed by atoms with van der Waals surface area (Å²) < 4.78 is 0. The van der Waals surface area contributed by atoms with Crippen LogP contribution in [0, 0.1) is 10.1 Å². The van der Waals surface area contributed by atoms with E-state index in [-0.39, 0.29) is 23.0 Å². The summed E-state index contributed by atoms with van der Waals surface area (Å²) in [5, 5.41) is 13.5. The van der Waals surface area contributed by atoms with E-state index in [4.69, 9.17) is 0 Å². The fraction of sp³-hybridized carbons (Fsp3) is 0.400. The summed E-state index contributed by atoms with van der Waals surface area (Å²) in [7, 11) is 1.90. The Bertz CT molecular complexity index is 314. The third-order valence-corrected chi connectivity index (χ3v) is 2.18. The summed E-state index contributed by atoms with van der Waals surface area (Å²) in [6.07, 6.45) is 0.883. The number of nitro groups is 1. The minimum absolute atomic E-state index is 0. The number of nitrogens with zero attached hydrogens (tertiary/aromatic N) is 1. The number of non-ortho nitro benzene ring substituents is 1. The van der Waals surface area contributed by atoms with E-state index in [1.54, 1.807) is 12.1 Å². The molecular formula is C10H15ClN2O2. The molecule has 1 aromatic carbocycles. The predicted octanol–water partition coefficient (Wildman–Crippen LogP) is 2.17. The van der Waals surface area contributed by atoms with Crippen LogP contribution in [0.4, 0.5) is 5.69 Å². The molecule has 0 heterocycles. The largest absolute Gasteiger partial charge is 0.317 e. The Balaban J connectivity index is 0.00000196. The number of hydrogen-bond donors (Lipinski definition) is 1. The fourth-order valence-corrected chi connectivity index (χ4v) is 1.21. The summed E-state index contributed by atoms with van der Waals surface area (Å²) in [6, 6.07) is 7.06. The highest BCUT2D eigenvalue weighted by Crippen LogP contribution is 2.12. The van der Waals surface area contributed by atoms with E-state index < -0.39 is 0 Å². The number of nitro benzene ring substituents is 1. The molecule has 5 heteroatoms. The lowest BCUT2D eigenvalue weighted by atomic mass is 10.1. The monoisotopic (exact) mass is 230 g/mol. The third kappa shape index (κ3) is 4.27. The van der Waals surface area contributed by atoms with Gasteiger partial charge in [0.25, 0.3) is 5.69 Å². The van der Waals surface area contributed by atoms with Gasteiger partial charge in [-0.25, -0.2) is 0 Å².